The molecule has 4 heteroatoms. The highest BCUT2D eigenvalue weighted by Crippen LogP contribution is 2.37. The molecule has 2 rings (SSSR count). The summed E-state index contributed by atoms with van der Waals surface area (Å²) in [7, 11) is 1.44. The van der Waals surface area contributed by atoms with Gasteiger partial charge in [0.1, 0.15) is 0 Å². The second-order valence-corrected chi connectivity index (χ2v) is 6.67. The van der Waals surface area contributed by atoms with Gasteiger partial charge in [-0.3, -0.25) is 4.79 Å². The van der Waals surface area contributed by atoms with Gasteiger partial charge < -0.3 is 10.5 Å². The smallest absolute Gasteiger partial charge is 0.306 e. The minimum atomic E-state index is -0.138. The average Bonchev–Trinajstić information content (AvgIpc) is 2.49. The molecule has 20 heavy (non-hydrogen) atoms. The first kappa shape index (κ1) is 15.4. The van der Waals surface area contributed by atoms with Crippen molar-refractivity contribution in [3.8, 4) is 0 Å². The van der Waals surface area contributed by atoms with Crippen LogP contribution in [0.1, 0.15) is 37.2 Å². The first-order valence-corrected chi connectivity index (χ1v) is 8.24. The number of nitrogens with two attached hydrogens (primary N) is 1. The third-order valence-electron chi connectivity index (χ3n) is 3.98. The number of esters is 1. The third-order valence-corrected chi connectivity index (χ3v) is 5.39. The highest BCUT2D eigenvalue weighted by atomic mass is 32.2. The van der Waals surface area contributed by atoms with Crippen LogP contribution in [0.3, 0.4) is 0 Å². The number of rotatable bonds is 5. The normalized spacial score (nSPS) is 26.2. The van der Waals surface area contributed by atoms with Crippen LogP contribution in [-0.2, 0) is 9.53 Å². The zero-order valence-electron chi connectivity index (χ0n) is 12.0. The van der Waals surface area contributed by atoms with Crippen molar-refractivity contribution in [3.63, 3.8) is 0 Å². The van der Waals surface area contributed by atoms with Gasteiger partial charge in [-0.15, -0.1) is 0 Å². The summed E-state index contributed by atoms with van der Waals surface area (Å²) >= 11 is 1.82. The predicted molar refractivity (Wildman–Crippen MR) is 83.9 cm³/mol. The standard InChI is InChI=1S/C16H23NO2S/c1-19-16(18)9-10-20-15-11-13(7-8-14(15)17)12-5-3-2-4-6-12/h2-6,13-15H,7-11,17H2,1H3. The summed E-state index contributed by atoms with van der Waals surface area (Å²) in [5, 5.41) is 0.443. The van der Waals surface area contributed by atoms with E-state index in [9.17, 15) is 4.79 Å². The van der Waals surface area contributed by atoms with Crippen LogP contribution in [0.4, 0.5) is 0 Å². The minimum absolute atomic E-state index is 0.138. The molecule has 0 amide bonds. The van der Waals surface area contributed by atoms with E-state index in [2.05, 4.69) is 35.1 Å². The molecule has 110 valence electrons. The van der Waals surface area contributed by atoms with Gasteiger partial charge in [-0.25, -0.2) is 0 Å². The maximum absolute atomic E-state index is 11.2. The predicted octanol–water partition coefficient (Wildman–Crippen LogP) is 2.95. The maximum Gasteiger partial charge on any atom is 0.306 e. The fourth-order valence-corrected chi connectivity index (χ4v) is 4.11. The van der Waals surface area contributed by atoms with Gasteiger partial charge in [0.2, 0.25) is 0 Å². The summed E-state index contributed by atoms with van der Waals surface area (Å²) in [6.07, 6.45) is 3.81. The van der Waals surface area contributed by atoms with Crippen molar-refractivity contribution in [1.82, 2.24) is 0 Å². The number of ether oxygens (including phenoxy) is 1. The number of thioether (sulfide) groups is 1. The quantitative estimate of drug-likeness (QED) is 0.848. The van der Waals surface area contributed by atoms with Crippen LogP contribution in [0.25, 0.3) is 0 Å². The van der Waals surface area contributed by atoms with Gasteiger partial charge in [-0.05, 0) is 30.7 Å². The van der Waals surface area contributed by atoms with Crippen molar-refractivity contribution in [3.05, 3.63) is 35.9 Å². The second kappa shape index (κ2) is 7.70. The Labute approximate surface area is 125 Å². The molecule has 1 aromatic carbocycles. The Hall–Kier alpha value is -1.00. The van der Waals surface area contributed by atoms with Crippen LogP contribution in [-0.4, -0.2) is 30.1 Å². The fourth-order valence-electron chi connectivity index (χ4n) is 2.77. The summed E-state index contributed by atoms with van der Waals surface area (Å²) in [5.74, 6) is 1.26. The molecule has 0 radical (unpaired) electrons. The number of carbonyl (C=O) groups excluding carboxylic acids is 1. The SMILES string of the molecule is COC(=O)CCSC1CC(c2ccccc2)CCC1N. The monoisotopic (exact) mass is 293 g/mol. The van der Waals surface area contributed by atoms with Crippen LogP contribution in [0.2, 0.25) is 0 Å². The molecule has 0 saturated heterocycles. The number of hydrogen-bond acceptors (Lipinski definition) is 4. The van der Waals surface area contributed by atoms with Gasteiger partial charge in [0.25, 0.3) is 0 Å². The lowest BCUT2D eigenvalue weighted by Crippen LogP contribution is -2.38. The van der Waals surface area contributed by atoms with Crippen LogP contribution in [0, 0.1) is 0 Å². The second-order valence-electron chi connectivity index (χ2n) is 5.32. The summed E-state index contributed by atoms with van der Waals surface area (Å²) in [5.41, 5.74) is 7.65. The van der Waals surface area contributed by atoms with E-state index in [-0.39, 0.29) is 12.0 Å². The summed E-state index contributed by atoms with van der Waals surface area (Å²) in [4.78, 5) is 11.2. The first-order valence-electron chi connectivity index (χ1n) is 7.19. The van der Waals surface area contributed by atoms with E-state index in [4.69, 9.17) is 5.73 Å². The fraction of sp³-hybridized carbons (Fsp3) is 0.562. The van der Waals surface area contributed by atoms with E-state index in [0.717, 1.165) is 18.6 Å². The first-order chi connectivity index (χ1) is 9.70. The molecular formula is C16H23NO2S. The molecule has 0 heterocycles. The topological polar surface area (TPSA) is 52.3 Å². The third kappa shape index (κ3) is 4.25. The minimum Gasteiger partial charge on any atom is -0.469 e. The van der Waals surface area contributed by atoms with Gasteiger partial charge in [-0.2, -0.15) is 11.8 Å². The summed E-state index contributed by atoms with van der Waals surface area (Å²) in [6, 6.07) is 10.9. The van der Waals surface area contributed by atoms with Gasteiger partial charge in [0.05, 0.1) is 13.5 Å². The van der Waals surface area contributed by atoms with Crippen molar-refractivity contribution in [2.75, 3.05) is 12.9 Å². The molecule has 3 nitrogen and oxygen atoms in total. The van der Waals surface area contributed by atoms with Crippen molar-refractivity contribution in [2.45, 2.75) is 42.9 Å². The van der Waals surface area contributed by atoms with Gasteiger partial charge >= 0.3 is 5.97 Å². The van der Waals surface area contributed by atoms with Crippen LogP contribution < -0.4 is 5.73 Å². The number of benzene rings is 1. The molecule has 1 aliphatic rings. The summed E-state index contributed by atoms with van der Waals surface area (Å²) < 4.78 is 4.67. The zero-order chi connectivity index (χ0) is 14.4. The Bertz CT molecular complexity index is 424. The molecule has 2 N–H and O–H groups in total. The highest BCUT2D eigenvalue weighted by molar-refractivity contribution is 7.99. The molecule has 3 atom stereocenters. The van der Waals surface area contributed by atoms with Crippen molar-refractivity contribution >= 4 is 17.7 Å². The van der Waals surface area contributed by atoms with Crippen molar-refractivity contribution < 1.29 is 9.53 Å². The Kier molecular flexibility index (Phi) is 5.92. The molecule has 0 aliphatic heterocycles. The number of methoxy groups -OCH3 is 1. The Morgan fingerprint density at radius 3 is 2.80 bits per heavy atom. The lowest BCUT2D eigenvalue weighted by molar-refractivity contribution is -0.140. The van der Waals surface area contributed by atoms with E-state index in [1.165, 1.54) is 19.1 Å². The Balaban J connectivity index is 1.87. The maximum atomic E-state index is 11.2. The molecule has 0 aromatic heterocycles. The lowest BCUT2D eigenvalue weighted by Gasteiger charge is -2.34. The molecule has 1 saturated carbocycles. The molecule has 1 fully saturated rings. The molecule has 1 aromatic rings. The molecule has 3 unspecified atom stereocenters. The van der Waals surface area contributed by atoms with Crippen molar-refractivity contribution in [1.29, 1.82) is 0 Å². The molecule has 0 spiro atoms. The van der Waals surface area contributed by atoms with Crippen molar-refractivity contribution in [2.24, 2.45) is 5.73 Å². The van der Waals surface area contributed by atoms with Gasteiger partial charge in [-0.1, -0.05) is 30.3 Å². The van der Waals surface area contributed by atoms with Gasteiger partial charge in [0.15, 0.2) is 0 Å². The van der Waals surface area contributed by atoms with E-state index in [0.29, 0.717) is 17.6 Å². The van der Waals surface area contributed by atoms with Crippen LogP contribution in [0.5, 0.6) is 0 Å². The molecule has 1 aliphatic carbocycles. The zero-order valence-corrected chi connectivity index (χ0v) is 12.8. The molecule has 0 bridgehead atoms. The lowest BCUT2D eigenvalue weighted by atomic mass is 9.82. The number of hydrogen-bond donors (Lipinski definition) is 1. The van der Waals surface area contributed by atoms with Gasteiger partial charge in [0, 0.05) is 17.0 Å². The average molecular weight is 293 g/mol. The molecular weight excluding hydrogens is 270 g/mol. The van der Waals surface area contributed by atoms with E-state index < -0.39 is 0 Å². The Morgan fingerprint density at radius 1 is 1.35 bits per heavy atom. The van der Waals surface area contributed by atoms with Crippen LogP contribution >= 0.6 is 11.8 Å². The summed E-state index contributed by atoms with van der Waals surface area (Å²) in [6.45, 7) is 0. The van der Waals surface area contributed by atoms with E-state index in [1.807, 2.05) is 11.8 Å². The highest BCUT2D eigenvalue weighted by Gasteiger charge is 2.29. The van der Waals surface area contributed by atoms with E-state index in [1.54, 1.807) is 0 Å². The Morgan fingerprint density at radius 2 is 2.10 bits per heavy atom. The largest absolute Gasteiger partial charge is 0.469 e. The number of carbonyl (C=O) groups is 1. The van der Waals surface area contributed by atoms with E-state index >= 15 is 0 Å². The van der Waals surface area contributed by atoms with Crippen LogP contribution in [0.15, 0.2) is 30.3 Å².